The first-order valence-electron chi connectivity index (χ1n) is 9.63. The molecule has 0 saturated carbocycles. The summed E-state index contributed by atoms with van der Waals surface area (Å²) in [4.78, 5) is 0. The maximum absolute atomic E-state index is 10.4. The van der Waals surface area contributed by atoms with Crippen molar-refractivity contribution in [3.63, 3.8) is 0 Å². The minimum atomic E-state index is -0.863. The van der Waals surface area contributed by atoms with Gasteiger partial charge in [-0.3, -0.25) is 0 Å². The fourth-order valence-electron chi connectivity index (χ4n) is 3.57. The largest absolute Gasteiger partial charge is 0.507 e. The van der Waals surface area contributed by atoms with E-state index in [1.54, 1.807) is 13.2 Å². The van der Waals surface area contributed by atoms with E-state index in [9.17, 15) is 5.11 Å². The molecule has 0 aliphatic carbocycles. The van der Waals surface area contributed by atoms with Crippen LogP contribution in [0.15, 0.2) is 24.3 Å². The van der Waals surface area contributed by atoms with E-state index >= 15 is 0 Å². The molecule has 1 N–H and O–H groups in total. The van der Waals surface area contributed by atoms with E-state index in [-0.39, 0.29) is 11.7 Å². The van der Waals surface area contributed by atoms with E-state index in [2.05, 4.69) is 13.8 Å². The Balaban J connectivity index is 2.85. The second kappa shape index (κ2) is 11.5. The van der Waals surface area contributed by atoms with E-state index in [4.69, 9.17) is 9.47 Å². The van der Waals surface area contributed by atoms with Crippen LogP contribution in [0, 0.1) is 5.92 Å². The Kier molecular flexibility index (Phi) is 10.0. The fourth-order valence-corrected chi connectivity index (χ4v) is 3.57. The highest BCUT2D eigenvalue weighted by Gasteiger charge is 2.42. The minimum Gasteiger partial charge on any atom is -0.507 e. The molecule has 0 spiro atoms. The van der Waals surface area contributed by atoms with Gasteiger partial charge in [0.05, 0.1) is 5.56 Å². The number of benzene rings is 1. The average molecular weight is 337 g/mol. The summed E-state index contributed by atoms with van der Waals surface area (Å²) in [6.45, 7) is 6.95. The zero-order valence-corrected chi connectivity index (χ0v) is 16.0. The van der Waals surface area contributed by atoms with Gasteiger partial charge in [0.15, 0.2) is 0 Å². The molecule has 0 aliphatic rings. The van der Waals surface area contributed by atoms with Crippen LogP contribution < -0.4 is 0 Å². The molecule has 0 fully saturated rings. The van der Waals surface area contributed by atoms with Crippen molar-refractivity contribution >= 4 is 0 Å². The molecule has 0 radical (unpaired) electrons. The molecule has 1 rings (SSSR count). The summed E-state index contributed by atoms with van der Waals surface area (Å²) >= 11 is 0. The summed E-state index contributed by atoms with van der Waals surface area (Å²) in [5, 5.41) is 10.4. The van der Waals surface area contributed by atoms with E-state index in [1.165, 1.54) is 38.5 Å². The standard InChI is InChI=1S/C21H36O3/c1-5-8-9-10-11-12-15-18(6-2)21(23-4,24-7-3)19-16-13-14-17-20(19)22/h13-14,16-18,22H,5-12,15H2,1-4H3. The number of hydrogen-bond acceptors (Lipinski definition) is 3. The van der Waals surface area contributed by atoms with Crippen molar-refractivity contribution < 1.29 is 14.6 Å². The third-order valence-corrected chi connectivity index (χ3v) is 4.88. The topological polar surface area (TPSA) is 38.7 Å². The summed E-state index contributed by atoms with van der Waals surface area (Å²) in [7, 11) is 1.69. The second-order valence-corrected chi connectivity index (χ2v) is 6.48. The number of methoxy groups -OCH3 is 1. The van der Waals surface area contributed by atoms with Gasteiger partial charge in [-0.15, -0.1) is 0 Å². The number of phenols is 1. The maximum atomic E-state index is 10.4. The van der Waals surface area contributed by atoms with Crippen molar-refractivity contribution in [2.24, 2.45) is 5.92 Å². The van der Waals surface area contributed by atoms with Crippen molar-refractivity contribution in [3.8, 4) is 5.75 Å². The number of aromatic hydroxyl groups is 1. The van der Waals surface area contributed by atoms with Gasteiger partial charge < -0.3 is 14.6 Å². The van der Waals surface area contributed by atoms with Crippen molar-refractivity contribution in [3.05, 3.63) is 29.8 Å². The predicted molar refractivity (Wildman–Crippen MR) is 100 cm³/mol. The highest BCUT2D eigenvalue weighted by Crippen LogP contribution is 2.43. The Labute approximate surface area is 148 Å². The van der Waals surface area contributed by atoms with Crippen LogP contribution in [0.3, 0.4) is 0 Å². The van der Waals surface area contributed by atoms with Crippen molar-refractivity contribution in [2.45, 2.75) is 77.9 Å². The molecule has 1 aromatic rings. The number of rotatable bonds is 13. The number of unbranched alkanes of at least 4 members (excludes halogenated alkanes) is 5. The van der Waals surface area contributed by atoms with Crippen molar-refractivity contribution in [1.29, 1.82) is 0 Å². The lowest BCUT2D eigenvalue weighted by molar-refractivity contribution is -0.265. The molecule has 0 amide bonds. The Morgan fingerprint density at radius 2 is 1.67 bits per heavy atom. The summed E-state index contributed by atoms with van der Waals surface area (Å²) in [5.74, 6) is -0.394. The smallest absolute Gasteiger partial charge is 0.201 e. The quantitative estimate of drug-likeness (QED) is 0.354. The summed E-state index contributed by atoms with van der Waals surface area (Å²) in [6, 6.07) is 7.39. The molecule has 138 valence electrons. The van der Waals surface area contributed by atoms with E-state index < -0.39 is 5.79 Å². The van der Waals surface area contributed by atoms with E-state index in [1.807, 2.05) is 25.1 Å². The van der Waals surface area contributed by atoms with Crippen LogP contribution in [0.5, 0.6) is 5.75 Å². The van der Waals surface area contributed by atoms with Gasteiger partial charge >= 0.3 is 0 Å². The Morgan fingerprint density at radius 3 is 2.25 bits per heavy atom. The Morgan fingerprint density at radius 1 is 1.00 bits per heavy atom. The van der Waals surface area contributed by atoms with Gasteiger partial charge in [0.2, 0.25) is 5.79 Å². The zero-order valence-electron chi connectivity index (χ0n) is 16.0. The molecular formula is C21H36O3. The van der Waals surface area contributed by atoms with Gasteiger partial charge in [0, 0.05) is 19.6 Å². The molecule has 1 aromatic carbocycles. The van der Waals surface area contributed by atoms with Gasteiger partial charge in [-0.05, 0) is 31.9 Å². The minimum absolute atomic E-state index is 0.224. The lowest BCUT2D eigenvalue weighted by Gasteiger charge is -2.39. The van der Waals surface area contributed by atoms with Gasteiger partial charge in [0.1, 0.15) is 5.75 Å². The molecule has 0 aromatic heterocycles. The monoisotopic (exact) mass is 336 g/mol. The normalized spacial score (nSPS) is 15.2. The first kappa shape index (κ1) is 21.0. The van der Waals surface area contributed by atoms with Crippen LogP contribution >= 0.6 is 0 Å². The molecule has 0 heterocycles. The average Bonchev–Trinajstić information content (AvgIpc) is 2.60. The van der Waals surface area contributed by atoms with E-state index in [0.29, 0.717) is 6.61 Å². The number of phenolic OH excluding ortho intramolecular Hbond substituents is 1. The Bertz CT molecular complexity index is 446. The summed E-state index contributed by atoms with van der Waals surface area (Å²) in [5.41, 5.74) is 0.743. The van der Waals surface area contributed by atoms with Crippen molar-refractivity contribution in [1.82, 2.24) is 0 Å². The highest BCUT2D eigenvalue weighted by atomic mass is 16.7. The molecule has 24 heavy (non-hydrogen) atoms. The van der Waals surface area contributed by atoms with Crippen LogP contribution in [-0.2, 0) is 15.3 Å². The highest BCUT2D eigenvalue weighted by molar-refractivity contribution is 5.36. The molecular weight excluding hydrogens is 300 g/mol. The lowest BCUT2D eigenvalue weighted by Crippen LogP contribution is -2.40. The van der Waals surface area contributed by atoms with Gasteiger partial charge in [-0.2, -0.15) is 0 Å². The fraction of sp³-hybridized carbons (Fsp3) is 0.714. The van der Waals surface area contributed by atoms with Crippen LogP contribution in [0.4, 0.5) is 0 Å². The first-order valence-corrected chi connectivity index (χ1v) is 9.63. The third-order valence-electron chi connectivity index (χ3n) is 4.88. The molecule has 0 saturated heterocycles. The number of ether oxygens (including phenoxy) is 2. The molecule has 2 unspecified atom stereocenters. The molecule has 0 aliphatic heterocycles. The predicted octanol–water partition coefficient (Wildman–Crippen LogP) is 6.00. The van der Waals surface area contributed by atoms with Gasteiger partial charge in [-0.1, -0.05) is 64.5 Å². The third kappa shape index (κ3) is 5.49. The number of para-hydroxylation sites is 1. The van der Waals surface area contributed by atoms with E-state index in [0.717, 1.165) is 18.4 Å². The second-order valence-electron chi connectivity index (χ2n) is 6.48. The lowest BCUT2D eigenvalue weighted by atomic mass is 9.84. The van der Waals surface area contributed by atoms with Crippen LogP contribution in [0.1, 0.15) is 77.7 Å². The summed E-state index contributed by atoms with van der Waals surface area (Å²) in [6.07, 6.45) is 9.67. The van der Waals surface area contributed by atoms with Crippen LogP contribution in [0.2, 0.25) is 0 Å². The van der Waals surface area contributed by atoms with Crippen LogP contribution in [-0.4, -0.2) is 18.8 Å². The first-order chi connectivity index (χ1) is 11.7. The molecule has 3 heteroatoms. The van der Waals surface area contributed by atoms with Crippen LogP contribution in [0.25, 0.3) is 0 Å². The van der Waals surface area contributed by atoms with Gasteiger partial charge in [0.25, 0.3) is 0 Å². The SMILES string of the molecule is CCCCCCCCC(CC)C(OC)(OCC)c1ccccc1O. The van der Waals surface area contributed by atoms with Gasteiger partial charge in [-0.25, -0.2) is 0 Å². The molecule has 3 nitrogen and oxygen atoms in total. The number of hydrogen-bond donors (Lipinski definition) is 1. The molecule has 2 atom stereocenters. The maximum Gasteiger partial charge on any atom is 0.201 e. The van der Waals surface area contributed by atoms with Crippen molar-refractivity contribution in [2.75, 3.05) is 13.7 Å². The summed E-state index contributed by atoms with van der Waals surface area (Å²) < 4.78 is 12.0. The Hall–Kier alpha value is -1.06. The molecule has 0 bridgehead atoms. The zero-order chi connectivity index (χ0) is 17.8.